The van der Waals surface area contributed by atoms with Crippen LogP contribution in [-0.2, 0) is 11.3 Å². The molecular weight excluding hydrogens is 324 g/mol. The topological polar surface area (TPSA) is 92.0 Å². The number of carbonyl (C=O) groups excluding carboxylic acids is 1. The number of hydrogen-bond acceptors (Lipinski definition) is 5. The second-order valence-electron chi connectivity index (χ2n) is 8.03. The van der Waals surface area contributed by atoms with E-state index in [1.54, 1.807) is 4.90 Å². The average Bonchev–Trinajstić information content (AvgIpc) is 2.94. The Kier molecular flexibility index (Phi) is 5.77. The van der Waals surface area contributed by atoms with Gasteiger partial charge in [0, 0.05) is 19.6 Å². The maximum Gasteiger partial charge on any atom is 0.410 e. The minimum atomic E-state index is -0.998. The summed E-state index contributed by atoms with van der Waals surface area (Å²) in [6.45, 7) is 10.2. The van der Waals surface area contributed by atoms with E-state index in [1.165, 1.54) is 12.3 Å². The maximum atomic E-state index is 12.3. The Morgan fingerprint density at radius 2 is 2.16 bits per heavy atom. The lowest BCUT2D eigenvalue weighted by atomic mass is 9.82. The van der Waals surface area contributed by atoms with Crippen LogP contribution in [0.1, 0.15) is 56.7 Å². The van der Waals surface area contributed by atoms with Crippen molar-refractivity contribution in [3.63, 3.8) is 0 Å². The SMILES string of the molecule is CC1(CNCc2cc(C(=O)O)co2)CCCN(C(=O)OC(C)(C)C)C1. The lowest BCUT2D eigenvalue weighted by Gasteiger charge is -2.41. The van der Waals surface area contributed by atoms with Crippen molar-refractivity contribution >= 4 is 12.1 Å². The van der Waals surface area contributed by atoms with Gasteiger partial charge in [-0.1, -0.05) is 6.92 Å². The Morgan fingerprint density at radius 3 is 2.76 bits per heavy atom. The Morgan fingerprint density at radius 1 is 1.44 bits per heavy atom. The number of aromatic carboxylic acids is 1. The zero-order chi connectivity index (χ0) is 18.7. The first-order valence-electron chi connectivity index (χ1n) is 8.57. The summed E-state index contributed by atoms with van der Waals surface area (Å²) in [6.07, 6.45) is 2.92. The Labute approximate surface area is 148 Å². The van der Waals surface area contributed by atoms with Gasteiger partial charge in [0.25, 0.3) is 0 Å². The van der Waals surface area contributed by atoms with Crippen LogP contribution in [0.2, 0.25) is 0 Å². The zero-order valence-corrected chi connectivity index (χ0v) is 15.4. The summed E-state index contributed by atoms with van der Waals surface area (Å²) in [6, 6.07) is 1.52. The largest absolute Gasteiger partial charge is 0.478 e. The first-order chi connectivity index (χ1) is 11.6. The second kappa shape index (κ2) is 7.47. The molecule has 1 aromatic rings. The van der Waals surface area contributed by atoms with Crippen molar-refractivity contribution in [1.82, 2.24) is 10.2 Å². The molecule has 1 fully saturated rings. The number of carboxylic acids is 1. The first kappa shape index (κ1) is 19.3. The van der Waals surface area contributed by atoms with Crippen LogP contribution in [-0.4, -0.2) is 47.3 Å². The molecule has 2 heterocycles. The van der Waals surface area contributed by atoms with Crippen molar-refractivity contribution in [3.8, 4) is 0 Å². The molecule has 140 valence electrons. The standard InChI is InChI=1S/C18H28N2O5/c1-17(2,3)25-16(23)20-7-5-6-18(4,12-20)11-19-9-14-8-13(10-24-14)15(21)22/h8,10,19H,5-7,9,11-12H2,1-4H3,(H,21,22). The number of hydrogen-bond donors (Lipinski definition) is 2. The van der Waals surface area contributed by atoms with Gasteiger partial charge < -0.3 is 24.5 Å². The molecule has 7 nitrogen and oxygen atoms in total. The van der Waals surface area contributed by atoms with Crippen molar-refractivity contribution in [3.05, 3.63) is 23.7 Å². The molecule has 0 bridgehead atoms. The number of carbonyl (C=O) groups is 2. The van der Waals surface area contributed by atoms with E-state index in [0.29, 0.717) is 31.9 Å². The van der Waals surface area contributed by atoms with Crippen molar-refractivity contribution in [2.45, 2.75) is 52.7 Å². The number of amides is 1. The van der Waals surface area contributed by atoms with Crippen molar-refractivity contribution < 1.29 is 23.8 Å². The highest BCUT2D eigenvalue weighted by Gasteiger charge is 2.34. The summed E-state index contributed by atoms with van der Waals surface area (Å²) in [5, 5.41) is 12.2. The predicted octanol–water partition coefficient (Wildman–Crippen LogP) is 3.10. The number of ether oxygens (including phenoxy) is 1. The second-order valence-corrected chi connectivity index (χ2v) is 8.03. The quantitative estimate of drug-likeness (QED) is 0.846. The molecule has 7 heteroatoms. The van der Waals surface area contributed by atoms with Gasteiger partial charge in [0.1, 0.15) is 17.6 Å². The normalized spacial score (nSPS) is 21.2. The molecular formula is C18H28N2O5. The van der Waals surface area contributed by atoms with E-state index in [0.717, 1.165) is 12.8 Å². The summed E-state index contributed by atoms with van der Waals surface area (Å²) in [4.78, 5) is 24.9. The molecule has 25 heavy (non-hydrogen) atoms. The van der Waals surface area contributed by atoms with Gasteiger partial charge in [-0.3, -0.25) is 0 Å². The Hall–Kier alpha value is -2.02. The van der Waals surface area contributed by atoms with Gasteiger partial charge in [-0.15, -0.1) is 0 Å². The number of likely N-dealkylation sites (tertiary alicyclic amines) is 1. The third-order valence-electron chi connectivity index (χ3n) is 4.18. The molecule has 0 saturated carbocycles. The number of nitrogens with one attached hydrogen (secondary N) is 1. The van der Waals surface area contributed by atoms with Gasteiger partial charge >= 0.3 is 12.1 Å². The third-order valence-corrected chi connectivity index (χ3v) is 4.18. The molecule has 1 atom stereocenters. The van der Waals surface area contributed by atoms with Gasteiger partial charge in [-0.25, -0.2) is 9.59 Å². The van der Waals surface area contributed by atoms with E-state index in [4.69, 9.17) is 14.3 Å². The minimum Gasteiger partial charge on any atom is -0.478 e. The van der Waals surface area contributed by atoms with Crippen LogP contribution in [0.3, 0.4) is 0 Å². The molecule has 1 amide bonds. The molecule has 2 N–H and O–H groups in total. The Bertz CT molecular complexity index is 619. The van der Waals surface area contributed by atoms with Crippen LogP contribution >= 0.6 is 0 Å². The van der Waals surface area contributed by atoms with Crippen molar-refractivity contribution in [1.29, 1.82) is 0 Å². The van der Waals surface area contributed by atoms with Crippen LogP contribution in [0.25, 0.3) is 0 Å². The summed E-state index contributed by atoms with van der Waals surface area (Å²) >= 11 is 0. The van der Waals surface area contributed by atoms with Gasteiger partial charge in [-0.05, 0) is 45.1 Å². The van der Waals surface area contributed by atoms with E-state index < -0.39 is 11.6 Å². The zero-order valence-electron chi connectivity index (χ0n) is 15.4. The number of nitrogens with zero attached hydrogens (tertiary/aromatic N) is 1. The summed E-state index contributed by atoms with van der Waals surface area (Å²) in [5.41, 5.74) is -0.404. The highest BCUT2D eigenvalue weighted by molar-refractivity contribution is 5.87. The van der Waals surface area contributed by atoms with E-state index in [-0.39, 0.29) is 17.1 Å². The van der Waals surface area contributed by atoms with Crippen LogP contribution in [0.5, 0.6) is 0 Å². The molecule has 0 spiro atoms. The Balaban J connectivity index is 1.85. The molecule has 0 aliphatic carbocycles. The lowest BCUT2D eigenvalue weighted by Crippen LogP contribution is -2.50. The summed E-state index contributed by atoms with van der Waals surface area (Å²) < 4.78 is 10.7. The van der Waals surface area contributed by atoms with Gasteiger partial charge in [0.15, 0.2) is 0 Å². The van der Waals surface area contributed by atoms with Crippen LogP contribution in [0.4, 0.5) is 4.79 Å². The van der Waals surface area contributed by atoms with E-state index >= 15 is 0 Å². The molecule has 1 unspecified atom stereocenters. The molecule has 1 saturated heterocycles. The van der Waals surface area contributed by atoms with Crippen LogP contribution < -0.4 is 5.32 Å². The van der Waals surface area contributed by atoms with Crippen LogP contribution in [0, 0.1) is 5.41 Å². The third kappa shape index (κ3) is 5.77. The van der Waals surface area contributed by atoms with Crippen LogP contribution in [0.15, 0.2) is 16.7 Å². The molecule has 2 rings (SSSR count). The van der Waals surface area contributed by atoms with E-state index in [1.807, 2.05) is 20.8 Å². The first-order valence-corrected chi connectivity index (χ1v) is 8.57. The highest BCUT2D eigenvalue weighted by Crippen LogP contribution is 2.29. The van der Waals surface area contributed by atoms with Gasteiger partial charge in [-0.2, -0.15) is 0 Å². The number of rotatable bonds is 5. The van der Waals surface area contributed by atoms with E-state index in [2.05, 4.69) is 12.2 Å². The highest BCUT2D eigenvalue weighted by atomic mass is 16.6. The molecule has 0 radical (unpaired) electrons. The monoisotopic (exact) mass is 352 g/mol. The fourth-order valence-electron chi connectivity index (χ4n) is 3.02. The van der Waals surface area contributed by atoms with E-state index in [9.17, 15) is 9.59 Å². The summed E-state index contributed by atoms with van der Waals surface area (Å²) in [5.74, 6) is -0.414. The molecule has 1 aliphatic heterocycles. The fourth-order valence-corrected chi connectivity index (χ4v) is 3.02. The smallest absolute Gasteiger partial charge is 0.410 e. The number of piperidine rings is 1. The van der Waals surface area contributed by atoms with Crippen molar-refractivity contribution in [2.24, 2.45) is 5.41 Å². The van der Waals surface area contributed by atoms with Gasteiger partial charge in [0.05, 0.1) is 12.1 Å². The molecule has 1 aromatic heterocycles. The maximum absolute atomic E-state index is 12.3. The summed E-state index contributed by atoms with van der Waals surface area (Å²) in [7, 11) is 0. The van der Waals surface area contributed by atoms with Gasteiger partial charge in [0.2, 0.25) is 0 Å². The fraction of sp³-hybridized carbons (Fsp3) is 0.667. The predicted molar refractivity (Wildman–Crippen MR) is 92.5 cm³/mol. The molecule has 0 aromatic carbocycles. The number of furan rings is 1. The minimum absolute atomic E-state index is 0.0582. The number of carboxylic acid groups (broad SMARTS) is 1. The average molecular weight is 352 g/mol. The van der Waals surface area contributed by atoms with Crippen molar-refractivity contribution in [2.75, 3.05) is 19.6 Å². The molecule has 1 aliphatic rings. The lowest BCUT2D eigenvalue weighted by molar-refractivity contribution is 0.00668.